The van der Waals surface area contributed by atoms with Crippen molar-refractivity contribution in [3.63, 3.8) is 0 Å². The number of thiol groups is 4. The Kier molecular flexibility index (Phi) is 7.40. The van der Waals surface area contributed by atoms with Crippen molar-refractivity contribution in [1.82, 2.24) is 0 Å². The third-order valence-corrected chi connectivity index (χ3v) is 8.21. The van der Waals surface area contributed by atoms with E-state index in [2.05, 4.69) is 50.5 Å². The molecule has 3 aromatic rings. The van der Waals surface area contributed by atoms with E-state index in [0.717, 1.165) is 10.8 Å². The molecule has 4 nitrogen and oxygen atoms in total. The number of fused-ring (bicyclic) bond motifs is 1. The van der Waals surface area contributed by atoms with Crippen molar-refractivity contribution in [2.24, 2.45) is 0 Å². The molecule has 0 aliphatic heterocycles. The molecule has 0 aromatic heterocycles. The normalized spacial score (nSPS) is 11.6. The maximum Gasteiger partial charge on any atom is 0.309 e. The molecule has 0 saturated heterocycles. The Labute approximate surface area is 198 Å². The molecular formula is C21H20O4S5. The van der Waals surface area contributed by atoms with Crippen molar-refractivity contribution in [3.05, 3.63) is 53.6 Å². The molecule has 0 bridgehead atoms. The van der Waals surface area contributed by atoms with Gasteiger partial charge in [-0.2, -0.15) is 8.42 Å². The Morgan fingerprint density at radius 3 is 2.23 bits per heavy atom. The number of ketones is 1. The minimum Gasteiger partial charge on any atom is -0.381 e. The third-order valence-electron chi connectivity index (χ3n) is 4.54. The summed E-state index contributed by atoms with van der Waals surface area (Å²) in [5.41, 5.74) is 0.836. The minimum absolute atomic E-state index is 0.0341. The van der Waals surface area contributed by atoms with Gasteiger partial charge in [0, 0.05) is 32.2 Å². The summed E-state index contributed by atoms with van der Waals surface area (Å²) in [4.78, 5) is 14.5. The van der Waals surface area contributed by atoms with E-state index in [1.807, 2.05) is 36.4 Å². The lowest BCUT2D eigenvalue weighted by atomic mass is 9.97. The number of carbonyl (C=O) groups is 1. The Morgan fingerprint density at radius 1 is 0.900 bits per heavy atom. The molecule has 0 spiro atoms. The number of hydrogen-bond donors (Lipinski definition) is 4. The average molecular weight is 497 g/mol. The second-order valence-electron chi connectivity index (χ2n) is 6.67. The zero-order valence-electron chi connectivity index (χ0n) is 16.0. The summed E-state index contributed by atoms with van der Waals surface area (Å²) in [6.07, 6.45) is 0.264. The minimum atomic E-state index is -3.86. The largest absolute Gasteiger partial charge is 0.381 e. The summed E-state index contributed by atoms with van der Waals surface area (Å²) in [7, 11) is -3.86. The smallest absolute Gasteiger partial charge is 0.309 e. The van der Waals surface area contributed by atoms with Gasteiger partial charge in [0.05, 0.1) is 10.6 Å². The van der Waals surface area contributed by atoms with E-state index in [1.165, 1.54) is 0 Å². The standard InChI is InChI=1S/C21H20O4S5/c1-2-10-30(23,24)25-17-15(18(26)20(28)21(29)19(17)27)11-16(22)14-9-5-7-12-6-3-4-8-13(12)14/h3-9,26-29H,2,10-11H2,1H3. The van der Waals surface area contributed by atoms with Crippen LogP contribution in [-0.4, -0.2) is 20.0 Å². The highest BCUT2D eigenvalue weighted by molar-refractivity contribution is 7.87. The van der Waals surface area contributed by atoms with E-state index in [0.29, 0.717) is 32.2 Å². The predicted molar refractivity (Wildman–Crippen MR) is 132 cm³/mol. The lowest BCUT2D eigenvalue weighted by molar-refractivity contribution is 0.0993. The van der Waals surface area contributed by atoms with Crippen LogP contribution in [0.2, 0.25) is 0 Å². The number of Topliss-reactive ketones (excluding diaryl/α,β-unsaturated/α-hetero) is 1. The molecule has 0 heterocycles. The SMILES string of the molecule is CCCS(=O)(=O)Oc1c(S)c(S)c(S)c(S)c1CC(=O)c1cccc2ccccc12. The van der Waals surface area contributed by atoms with Crippen LogP contribution < -0.4 is 4.18 Å². The molecule has 158 valence electrons. The fourth-order valence-electron chi connectivity index (χ4n) is 3.12. The van der Waals surface area contributed by atoms with Crippen molar-refractivity contribution in [2.45, 2.75) is 39.3 Å². The number of rotatable bonds is 7. The first-order chi connectivity index (χ1) is 14.2. The van der Waals surface area contributed by atoms with E-state index < -0.39 is 10.1 Å². The lowest BCUT2D eigenvalue weighted by Crippen LogP contribution is -2.16. The van der Waals surface area contributed by atoms with Crippen LogP contribution in [0.1, 0.15) is 29.3 Å². The highest BCUT2D eigenvalue weighted by Gasteiger charge is 2.25. The Morgan fingerprint density at radius 2 is 1.53 bits per heavy atom. The lowest BCUT2D eigenvalue weighted by Gasteiger charge is -2.18. The van der Waals surface area contributed by atoms with Gasteiger partial charge in [0.25, 0.3) is 0 Å². The maximum absolute atomic E-state index is 13.2. The number of hydrogen-bond acceptors (Lipinski definition) is 8. The van der Waals surface area contributed by atoms with Gasteiger partial charge in [-0.3, -0.25) is 4.79 Å². The third kappa shape index (κ3) is 4.80. The van der Waals surface area contributed by atoms with Gasteiger partial charge in [0.2, 0.25) is 0 Å². The second kappa shape index (κ2) is 9.48. The van der Waals surface area contributed by atoms with Crippen LogP contribution in [-0.2, 0) is 16.5 Å². The molecule has 0 fully saturated rings. The molecule has 0 saturated carbocycles. The van der Waals surface area contributed by atoms with Crippen LogP contribution in [0.3, 0.4) is 0 Å². The average Bonchev–Trinajstić information content (AvgIpc) is 2.72. The molecule has 0 atom stereocenters. The summed E-state index contributed by atoms with van der Waals surface area (Å²) >= 11 is 17.6. The fraction of sp³-hybridized carbons (Fsp3) is 0.190. The van der Waals surface area contributed by atoms with Gasteiger partial charge in [-0.15, -0.1) is 50.5 Å². The molecule has 9 heteroatoms. The Balaban J connectivity index is 2.12. The Hall–Kier alpha value is -1.26. The topological polar surface area (TPSA) is 60.4 Å². The van der Waals surface area contributed by atoms with Gasteiger partial charge in [-0.1, -0.05) is 49.4 Å². The molecule has 0 amide bonds. The highest BCUT2D eigenvalue weighted by atomic mass is 32.2. The summed E-state index contributed by atoms with van der Waals surface area (Å²) in [5.74, 6) is -0.399. The molecule has 3 rings (SSSR count). The second-order valence-corrected chi connectivity index (χ2v) is 10.2. The molecule has 3 aromatic carbocycles. The van der Waals surface area contributed by atoms with Crippen LogP contribution in [0.4, 0.5) is 0 Å². The van der Waals surface area contributed by atoms with E-state index in [4.69, 9.17) is 4.18 Å². The molecule has 0 unspecified atom stereocenters. The summed E-state index contributed by atoms with van der Waals surface area (Å²) in [5, 5.41) is 1.75. The van der Waals surface area contributed by atoms with Crippen molar-refractivity contribution in [3.8, 4) is 5.75 Å². The van der Waals surface area contributed by atoms with Crippen LogP contribution in [0, 0.1) is 0 Å². The highest BCUT2D eigenvalue weighted by Crippen LogP contribution is 2.43. The van der Waals surface area contributed by atoms with Gasteiger partial charge in [0.1, 0.15) is 0 Å². The zero-order valence-corrected chi connectivity index (χ0v) is 20.4. The quantitative estimate of drug-likeness (QED) is 0.197. The summed E-state index contributed by atoms with van der Waals surface area (Å²) in [6, 6.07) is 13.0. The summed E-state index contributed by atoms with van der Waals surface area (Å²) < 4.78 is 30.0. The number of benzene rings is 3. The fourth-order valence-corrected chi connectivity index (χ4v) is 5.43. The monoisotopic (exact) mass is 496 g/mol. The van der Waals surface area contributed by atoms with Gasteiger partial charge >= 0.3 is 10.1 Å². The molecule has 0 aliphatic rings. The van der Waals surface area contributed by atoms with Gasteiger partial charge in [-0.25, -0.2) is 0 Å². The van der Waals surface area contributed by atoms with Gasteiger partial charge < -0.3 is 4.18 Å². The van der Waals surface area contributed by atoms with Crippen molar-refractivity contribution < 1.29 is 17.4 Å². The molecule has 0 radical (unpaired) electrons. The first-order valence-corrected chi connectivity index (χ1v) is 12.4. The van der Waals surface area contributed by atoms with Crippen LogP contribution >= 0.6 is 50.5 Å². The van der Waals surface area contributed by atoms with E-state index in [1.54, 1.807) is 13.0 Å². The first-order valence-electron chi connectivity index (χ1n) is 9.08. The molecular weight excluding hydrogens is 477 g/mol. The predicted octanol–water partition coefficient (Wildman–Crippen LogP) is 5.54. The number of carbonyl (C=O) groups excluding carboxylic acids is 1. The van der Waals surface area contributed by atoms with E-state index in [-0.39, 0.29) is 28.6 Å². The molecule has 30 heavy (non-hydrogen) atoms. The van der Waals surface area contributed by atoms with Gasteiger partial charge in [0.15, 0.2) is 11.5 Å². The molecule has 0 aliphatic carbocycles. The summed E-state index contributed by atoms with van der Waals surface area (Å²) in [6.45, 7) is 1.73. The van der Waals surface area contributed by atoms with Crippen LogP contribution in [0.25, 0.3) is 10.8 Å². The van der Waals surface area contributed by atoms with Crippen LogP contribution in [0.15, 0.2) is 62.0 Å². The Bertz CT molecular complexity index is 1230. The van der Waals surface area contributed by atoms with E-state index in [9.17, 15) is 13.2 Å². The van der Waals surface area contributed by atoms with Crippen molar-refractivity contribution in [2.75, 3.05) is 5.75 Å². The van der Waals surface area contributed by atoms with Crippen molar-refractivity contribution >= 4 is 77.2 Å². The van der Waals surface area contributed by atoms with Crippen molar-refractivity contribution in [1.29, 1.82) is 0 Å². The van der Waals surface area contributed by atoms with Gasteiger partial charge in [-0.05, 0) is 17.2 Å². The maximum atomic E-state index is 13.2. The molecule has 0 N–H and O–H groups in total. The van der Waals surface area contributed by atoms with E-state index >= 15 is 0 Å². The van der Waals surface area contributed by atoms with Crippen LogP contribution in [0.5, 0.6) is 5.75 Å². The first kappa shape index (κ1) is 23.4. The zero-order chi connectivity index (χ0) is 22.1.